The molecule has 1 atom stereocenters. The Hall–Kier alpha value is -2.07. The van der Waals surface area contributed by atoms with Crippen molar-refractivity contribution < 1.29 is 13.2 Å². The summed E-state index contributed by atoms with van der Waals surface area (Å²) >= 11 is 0. The summed E-state index contributed by atoms with van der Waals surface area (Å²) in [6.07, 6.45) is 3.53. The van der Waals surface area contributed by atoms with E-state index < -0.39 is 15.1 Å². The monoisotopic (exact) mass is 302 g/mol. The molecule has 0 aliphatic carbocycles. The largest absolute Gasteiger partial charge is 0.497 e. The summed E-state index contributed by atoms with van der Waals surface area (Å²) in [5, 5.41) is -0.592. The van der Waals surface area contributed by atoms with Crippen molar-refractivity contribution in [2.45, 2.75) is 17.1 Å². The van der Waals surface area contributed by atoms with Crippen LogP contribution in [0.3, 0.4) is 0 Å². The summed E-state index contributed by atoms with van der Waals surface area (Å²) in [5.41, 5.74) is 0.981. The highest BCUT2D eigenvalue weighted by Gasteiger charge is 2.20. The van der Waals surface area contributed by atoms with Crippen molar-refractivity contribution >= 4 is 15.9 Å². The zero-order chi connectivity index (χ0) is 15.3. The average molecular weight is 302 g/mol. The van der Waals surface area contributed by atoms with Crippen molar-refractivity contribution in [1.29, 1.82) is 0 Å². The SMILES string of the molecule is COc1ccc(S(=O)(=O)C(C)/C=C/c2ccccc2)cc1. The van der Waals surface area contributed by atoms with Crippen LogP contribution in [0, 0.1) is 0 Å². The Labute approximate surface area is 125 Å². The molecule has 0 bridgehead atoms. The zero-order valence-electron chi connectivity index (χ0n) is 12.1. The fourth-order valence-corrected chi connectivity index (χ4v) is 3.12. The molecule has 4 heteroatoms. The third-order valence-electron chi connectivity index (χ3n) is 3.24. The van der Waals surface area contributed by atoms with Gasteiger partial charge in [0.1, 0.15) is 5.75 Å². The van der Waals surface area contributed by atoms with E-state index in [0.717, 1.165) is 5.56 Å². The standard InChI is InChI=1S/C17H18O3S/c1-14(8-9-15-6-4-3-5-7-15)21(18,19)17-12-10-16(20-2)11-13-17/h3-14H,1-2H3/b9-8+. The molecule has 0 saturated heterocycles. The molecule has 0 saturated carbocycles. The molecule has 0 amide bonds. The molecule has 0 radical (unpaired) electrons. The summed E-state index contributed by atoms with van der Waals surface area (Å²) in [6.45, 7) is 1.68. The lowest BCUT2D eigenvalue weighted by Gasteiger charge is -2.09. The zero-order valence-corrected chi connectivity index (χ0v) is 12.9. The van der Waals surface area contributed by atoms with Gasteiger partial charge in [0.15, 0.2) is 9.84 Å². The molecule has 0 aliphatic rings. The first-order valence-electron chi connectivity index (χ1n) is 6.65. The summed E-state index contributed by atoms with van der Waals surface area (Å²) < 4.78 is 30.0. The molecule has 0 aliphatic heterocycles. The van der Waals surface area contributed by atoms with Crippen LogP contribution in [0.1, 0.15) is 12.5 Å². The van der Waals surface area contributed by atoms with E-state index in [9.17, 15) is 8.42 Å². The van der Waals surface area contributed by atoms with Crippen LogP contribution in [0.15, 0.2) is 65.6 Å². The molecular weight excluding hydrogens is 284 g/mol. The molecule has 0 fully saturated rings. The van der Waals surface area contributed by atoms with Gasteiger partial charge in [0.25, 0.3) is 0 Å². The van der Waals surface area contributed by atoms with Crippen LogP contribution in [0.25, 0.3) is 6.08 Å². The molecule has 2 aromatic carbocycles. The van der Waals surface area contributed by atoms with Gasteiger partial charge < -0.3 is 4.74 Å². The predicted octanol–water partition coefficient (Wildman–Crippen LogP) is 3.57. The van der Waals surface area contributed by atoms with Crippen molar-refractivity contribution in [2.75, 3.05) is 7.11 Å². The van der Waals surface area contributed by atoms with Crippen LogP contribution in [0.2, 0.25) is 0 Å². The number of rotatable bonds is 5. The van der Waals surface area contributed by atoms with E-state index in [1.807, 2.05) is 36.4 Å². The Morgan fingerprint density at radius 1 is 1.00 bits per heavy atom. The van der Waals surface area contributed by atoms with Crippen molar-refractivity contribution in [1.82, 2.24) is 0 Å². The second kappa shape index (κ2) is 6.59. The third-order valence-corrected chi connectivity index (χ3v) is 5.30. The number of methoxy groups -OCH3 is 1. The van der Waals surface area contributed by atoms with Gasteiger partial charge in [-0.2, -0.15) is 0 Å². The first-order chi connectivity index (χ1) is 10.0. The highest BCUT2D eigenvalue weighted by atomic mass is 32.2. The van der Waals surface area contributed by atoms with Gasteiger partial charge in [-0.3, -0.25) is 0 Å². The number of benzene rings is 2. The van der Waals surface area contributed by atoms with E-state index in [2.05, 4.69) is 0 Å². The fourth-order valence-electron chi connectivity index (χ4n) is 1.89. The highest BCUT2D eigenvalue weighted by Crippen LogP contribution is 2.20. The predicted molar refractivity (Wildman–Crippen MR) is 85.1 cm³/mol. The lowest BCUT2D eigenvalue weighted by atomic mass is 10.2. The molecule has 110 valence electrons. The summed E-state index contributed by atoms with van der Waals surface area (Å²) in [5.74, 6) is 0.640. The minimum atomic E-state index is -3.38. The molecule has 21 heavy (non-hydrogen) atoms. The molecule has 3 nitrogen and oxygen atoms in total. The van der Waals surface area contributed by atoms with Crippen LogP contribution >= 0.6 is 0 Å². The van der Waals surface area contributed by atoms with E-state index in [0.29, 0.717) is 10.6 Å². The Morgan fingerprint density at radius 2 is 1.62 bits per heavy atom. The van der Waals surface area contributed by atoms with Crippen LogP contribution < -0.4 is 4.74 Å². The van der Waals surface area contributed by atoms with Crippen molar-refractivity contribution in [3.63, 3.8) is 0 Å². The Morgan fingerprint density at radius 3 is 2.19 bits per heavy atom. The first kappa shape index (κ1) is 15.3. The molecule has 2 aromatic rings. The van der Waals surface area contributed by atoms with E-state index >= 15 is 0 Å². The minimum Gasteiger partial charge on any atom is -0.497 e. The van der Waals surface area contributed by atoms with Gasteiger partial charge in [-0.1, -0.05) is 42.5 Å². The molecule has 0 spiro atoms. The van der Waals surface area contributed by atoms with Crippen molar-refractivity contribution in [3.8, 4) is 5.75 Å². The Bertz CT molecular complexity index is 701. The van der Waals surface area contributed by atoms with Gasteiger partial charge in [-0.25, -0.2) is 8.42 Å². The molecule has 0 N–H and O–H groups in total. The van der Waals surface area contributed by atoms with E-state index in [1.54, 1.807) is 44.4 Å². The first-order valence-corrected chi connectivity index (χ1v) is 8.20. The lowest BCUT2D eigenvalue weighted by Crippen LogP contribution is -2.15. The van der Waals surface area contributed by atoms with Gasteiger partial charge in [0, 0.05) is 0 Å². The van der Waals surface area contributed by atoms with Gasteiger partial charge in [0.05, 0.1) is 17.3 Å². The quantitative estimate of drug-likeness (QED) is 0.848. The van der Waals surface area contributed by atoms with Crippen LogP contribution in [-0.4, -0.2) is 20.8 Å². The molecule has 0 aromatic heterocycles. The fraction of sp³-hybridized carbons (Fsp3) is 0.176. The van der Waals surface area contributed by atoms with Crippen LogP contribution in [-0.2, 0) is 9.84 Å². The summed E-state index contributed by atoms with van der Waals surface area (Å²) in [4.78, 5) is 0.300. The number of hydrogen-bond acceptors (Lipinski definition) is 3. The summed E-state index contributed by atoms with van der Waals surface area (Å²) in [6, 6.07) is 16.1. The van der Waals surface area contributed by atoms with Crippen LogP contribution in [0.4, 0.5) is 0 Å². The molecule has 2 rings (SSSR count). The van der Waals surface area contributed by atoms with Gasteiger partial charge >= 0.3 is 0 Å². The van der Waals surface area contributed by atoms with E-state index in [-0.39, 0.29) is 0 Å². The summed E-state index contributed by atoms with van der Waals surface area (Å²) in [7, 11) is -1.83. The molecular formula is C17H18O3S. The lowest BCUT2D eigenvalue weighted by molar-refractivity contribution is 0.414. The third kappa shape index (κ3) is 3.73. The minimum absolute atomic E-state index is 0.300. The normalized spacial score (nSPS) is 13.2. The van der Waals surface area contributed by atoms with E-state index in [4.69, 9.17) is 4.74 Å². The number of ether oxygens (including phenoxy) is 1. The molecule has 0 heterocycles. The average Bonchev–Trinajstić information content (AvgIpc) is 2.53. The second-order valence-corrected chi connectivity index (χ2v) is 7.00. The van der Waals surface area contributed by atoms with Crippen molar-refractivity contribution in [3.05, 3.63) is 66.2 Å². The maximum atomic E-state index is 12.5. The van der Waals surface area contributed by atoms with Gasteiger partial charge in [-0.05, 0) is 36.8 Å². The van der Waals surface area contributed by atoms with Gasteiger partial charge in [-0.15, -0.1) is 0 Å². The topological polar surface area (TPSA) is 43.4 Å². The Balaban J connectivity index is 2.20. The number of hydrogen-bond donors (Lipinski definition) is 0. The van der Waals surface area contributed by atoms with Gasteiger partial charge in [0.2, 0.25) is 0 Å². The van der Waals surface area contributed by atoms with Crippen molar-refractivity contribution in [2.24, 2.45) is 0 Å². The maximum Gasteiger partial charge on any atom is 0.184 e. The Kier molecular flexibility index (Phi) is 4.81. The molecule has 1 unspecified atom stereocenters. The highest BCUT2D eigenvalue weighted by molar-refractivity contribution is 7.92. The second-order valence-electron chi connectivity index (χ2n) is 4.70. The van der Waals surface area contributed by atoms with Crippen LogP contribution in [0.5, 0.6) is 5.75 Å². The number of sulfone groups is 1. The maximum absolute atomic E-state index is 12.5. The van der Waals surface area contributed by atoms with E-state index in [1.165, 1.54) is 0 Å². The smallest absolute Gasteiger partial charge is 0.184 e.